The highest BCUT2D eigenvalue weighted by Gasteiger charge is 2.31. The molecule has 8 N–H and O–H groups in total. The fourth-order valence-corrected chi connectivity index (χ4v) is 2.98. The van der Waals surface area contributed by atoms with Gasteiger partial charge in [-0.15, -0.1) is 0 Å². The normalized spacial score (nSPS) is 14.8. The van der Waals surface area contributed by atoms with E-state index in [4.69, 9.17) is 10.8 Å². The van der Waals surface area contributed by atoms with Crippen LogP contribution in [0.3, 0.4) is 0 Å². The van der Waals surface area contributed by atoms with Crippen molar-refractivity contribution in [2.45, 2.75) is 57.3 Å². The number of carboxylic acid groups (broad SMARTS) is 2. The Morgan fingerprint density at radius 3 is 1.87 bits per heavy atom. The molecule has 0 fully saturated rings. The molecule has 178 valence electrons. The fraction of sp³-hybridized carbons (Fsp3) is 0.722. The molecule has 4 atom stereocenters. The summed E-state index contributed by atoms with van der Waals surface area (Å²) in [6, 6.07) is -5.28. The molecule has 0 saturated carbocycles. The number of hydrogen-bond acceptors (Lipinski definition) is 8. The minimum absolute atomic E-state index is 0.0863. The van der Waals surface area contributed by atoms with Crippen LogP contribution in [-0.4, -0.2) is 87.8 Å². The number of hydrogen-bond donors (Lipinski definition) is 7. The molecule has 0 aromatic rings. The number of carboxylic acids is 2. The van der Waals surface area contributed by atoms with Crippen LogP contribution in [0.25, 0.3) is 0 Å². The number of carbonyl (C=O) groups excluding carboxylic acids is 3. The van der Waals surface area contributed by atoms with Crippen molar-refractivity contribution in [2.24, 2.45) is 11.7 Å². The number of thioether (sulfide) groups is 1. The van der Waals surface area contributed by atoms with E-state index in [2.05, 4.69) is 16.0 Å². The number of nitrogens with one attached hydrogen (secondary N) is 3. The zero-order chi connectivity index (χ0) is 24.1. The smallest absolute Gasteiger partial charge is 0.326 e. The van der Waals surface area contributed by atoms with Crippen LogP contribution in [0.2, 0.25) is 0 Å². The third-order valence-corrected chi connectivity index (χ3v) is 4.76. The molecular weight excluding hydrogens is 432 g/mol. The molecule has 0 spiro atoms. The first-order chi connectivity index (χ1) is 14.4. The van der Waals surface area contributed by atoms with Crippen molar-refractivity contribution in [2.75, 3.05) is 18.6 Å². The highest BCUT2D eigenvalue weighted by Crippen LogP contribution is 2.05. The molecule has 0 aromatic carbocycles. The lowest BCUT2D eigenvalue weighted by atomic mass is 10.0. The Morgan fingerprint density at radius 2 is 1.42 bits per heavy atom. The Kier molecular flexibility index (Phi) is 13.5. The monoisotopic (exact) mass is 464 g/mol. The van der Waals surface area contributed by atoms with Crippen LogP contribution in [0.15, 0.2) is 0 Å². The van der Waals surface area contributed by atoms with Crippen LogP contribution in [0.1, 0.15) is 33.1 Å². The van der Waals surface area contributed by atoms with Crippen LogP contribution >= 0.6 is 11.8 Å². The maximum absolute atomic E-state index is 12.5. The number of aliphatic hydroxyl groups is 1. The Bertz CT molecular complexity index is 646. The van der Waals surface area contributed by atoms with Gasteiger partial charge < -0.3 is 37.0 Å². The van der Waals surface area contributed by atoms with E-state index < -0.39 is 66.9 Å². The summed E-state index contributed by atoms with van der Waals surface area (Å²) in [5.74, 6) is -4.84. The zero-order valence-electron chi connectivity index (χ0n) is 17.8. The second-order valence-electron chi connectivity index (χ2n) is 7.32. The van der Waals surface area contributed by atoms with E-state index in [0.29, 0.717) is 12.2 Å². The summed E-state index contributed by atoms with van der Waals surface area (Å²) in [5.41, 5.74) is 5.74. The van der Waals surface area contributed by atoms with Crippen LogP contribution < -0.4 is 21.7 Å². The Balaban J connectivity index is 5.21. The first kappa shape index (κ1) is 28.6. The minimum Gasteiger partial charge on any atom is -0.481 e. The van der Waals surface area contributed by atoms with Gasteiger partial charge in [-0.2, -0.15) is 11.8 Å². The molecule has 31 heavy (non-hydrogen) atoms. The van der Waals surface area contributed by atoms with Crippen molar-refractivity contribution in [3.05, 3.63) is 0 Å². The quantitative estimate of drug-likeness (QED) is 0.143. The van der Waals surface area contributed by atoms with E-state index in [9.17, 15) is 34.2 Å². The number of rotatable bonds is 15. The lowest BCUT2D eigenvalue weighted by Gasteiger charge is -2.24. The molecule has 0 aliphatic rings. The van der Waals surface area contributed by atoms with Gasteiger partial charge in [0, 0.05) is 0 Å². The molecule has 12 nitrogen and oxygen atoms in total. The van der Waals surface area contributed by atoms with Crippen LogP contribution in [0, 0.1) is 5.92 Å². The van der Waals surface area contributed by atoms with Gasteiger partial charge in [0.1, 0.15) is 18.1 Å². The molecule has 0 rings (SSSR count). The maximum Gasteiger partial charge on any atom is 0.326 e. The van der Waals surface area contributed by atoms with Gasteiger partial charge in [-0.05, 0) is 30.8 Å². The second kappa shape index (κ2) is 14.6. The summed E-state index contributed by atoms with van der Waals surface area (Å²) in [7, 11) is 0. The largest absolute Gasteiger partial charge is 0.481 e. The lowest BCUT2D eigenvalue weighted by Crippen LogP contribution is -2.58. The predicted molar refractivity (Wildman–Crippen MR) is 113 cm³/mol. The van der Waals surface area contributed by atoms with Gasteiger partial charge in [-0.3, -0.25) is 19.2 Å². The molecule has 0 saturated heterocycles. The lowest BCUT2D eigenvalue weighted by molar-refractivity contribution is -0.143. The number of nitrogens with two attached hydrogens (primary N) is 1. The van der Waals surface area contributed by atoms with Gasteiger partial charge in [0.05, 0.1) is 19.1 Å². The topological polar surface area (TPSA) is 208 Å². The van der Waals surface area contributed by atoms with Crippen molar-refractivity contribution in [1.82, 2.24) is 16.0 Å². The van der Waals surface area contributed by atoms with Crippen molar-refractivity contribution >= 4 is 41.4 Å². The highest BCUT2D eigenvalue weighted by molar-refractivity contribution is 7.98. The first-order valence-electron chi connectivity index (χ1n) is 9.63. The van der Waals surface area contributed by atoms with E-state index in [1.807, 2.05) is 13.8 Å². The Morgan fingerprint density at radius 1 is 0.903 bits per heavy atom. The number of carbonyl (C=O) groups is 5. The molecule has 0 aliphatic heterocycles. The first-order valence-corrected chi connectivity index (χ1v) is 11.0. The van der Waals surface area contributed by atoms with Crippen LogP contribution in [0.5, 0.6) is 0 Å². The van der Waals surface area contributed by atoms with Gasteiger partial charge >= 0.3 is 11.9 Å². The molecule has 0 bridgehead atoms. The molecule has 0 radical (unpaired) electrons. The molecule has 4 unspecified atom stereocenters. The average Bonchev–Trinajstić information content (AvgIpc) is 2.66. The zero-order valence-corrected chi connectivity index (χ0v) is 18.6. The third-order valence-electron chi connectivity index (χ3n) is 4.11. The van der Waals surface area contributed by atoms with Crippen molar-refractivity contribution in [1.29, 1.82) is 0 Å². The van der Waals surface area contributed by atoms with Gasteiger partial charge in [-0.1, -0.05) is 13.8 Å². The van der Waals surface area contributed by atoms with Crippen LogP contribution in [0.4, 0.5) is 0 Å². The Hall–Kier alpha value is -2.38. The summed E-state index contributed by atoms with van der Waals surface area (Å²) < 4.78 is 0. The van der Waals surface area contributed by atoms with Gasteiger partial charge in [-0.25, -0.2) is 4.79 Å². The molecule has 3 amide bonds. The van der Waals surface area contributed by atoms with E-state index >= 15 is 0 Å². The number of aliphatic carboxylic acids is 2. The van der Waals surface area contributed by atoms with Gasteiger partial charge in [0.25, 0.3) is 0 Å². The third kappa shape index (κ3) is 11.5. The molecule has 0 heterocycles. The van der Waals surface area contributed by atoms with Crippen LogP contribution in [-0.2, 0) is 24.0 Å². The van der Waals surface area contributed by atoms with Gasteiger partial charge in [0.2, 0.25) is 17.7 Å². The van der Waals surface area contributed by atoms with E-state index in [1.165, 1.54) is 11.8 Å². The van der Waals surface area contributed by atoms with Crippen molar-refractivity contribution in [3.8, 4) is 0 Å². The summed E-state index contributed by atoms with van der Waals surface area (Å²) in [4.78, 5) is 59.3. The Labute approximate surface area is 184 Å². The SMILES string of the molecule is CSCCC(NC(=O)C(CO)NC(=O)C(CC(=O)O)NC(=O)C(N)CC(C)C)C(=O)O. The highest BCUT2D eigenvalue weighted by atomic mass is 32.2. The predicted octanol–water partition coefficient (Wildman–Crippen LogP) is -1.88. The molecule has 0 aromatic heterocycles. The molecule has 0 aliphatic carbocycles. The summed E-state index contributed by atoms with van der Waals surface area (Å²) in [6.45, 7) is 2.80. The number of aliphatic hydroxyl groups excluding tert-OH is 1. The van der Waals surface area contributed by atoms with E-state index in [1.54, 1.807) is 6.26 Å². The standard InChI is InChI=1S/C18H32N4O8S/c1-9(2)6-10(19)15(26)21-12(7-14(24)25)16(27)22-13(8-23)17(28)20-11(18(29)30)4-5-31-3/h9-13,23H,4-8,19H2,1-3H3,(H,20,28)(H,21,26)(H,22,27)(H,24,25)(H,29,30). The summed E-state index contributed by atoms with van der Waals surface area (Å²) >= 11 is 1.38. The summed E-state index contributed by atoms with van der Waals surface area (Å²) in [6.07, 6.45) is 1.42. The second-order valence-corrected chi connectivity index (χ2v) is 8.31. The average molecular weight is 465 g/mol. The van der Waals surface area contributed by atoms with Crippen molar-refractivity contribution < 1.29 is 39.3 Å². The fourth-order valence-electron chi connectivity index (χ4n) is 2.51. The van der Waals surface area contributed by atoms with Gasteiger partial charge in [0.15, 0.2) is 0 Å². The number of amides is 3. The van der Waals surface area contributed by atoms with E-state index in [-0.39, 0.29) is 12.3 Å². The van der Waals surface area contributed by atoms with E-state index in [0.717, 1.165) is 0 Å². The summed E-state index contributed by atoms with van der Waals surface area (Å²) in [5, 5.41) is 34.3. The molecule has 13 heteroatoms. The molecular formula is C18H32N4O8S. The van der Waals surface area contributed by atoms with Crippen molar-refractivity contribution in [3.63, 3.8) is 0 Å². The maximum atomic E-state index is 12.5. The minimum atomic E-state index is -1.54.